The molecule has 3 heteroatoms. The number of hydrogen-bond acceptors (Lipinski definition) is 3. The Morgan fingerprint density at radius 2 is 1.06 bits per heavy atom. The van der Waals surface area contributed by atoms with Crippen molar-refractivity contribution in [3.8, 4) is 22.6 Å². The second-order valence-electron chi connectivity index (χ2n) is 10.0. The van der Waals surface area contributed by atoms with Gasteiger partial charge in [-0.1, -0.05) is 69.3 Å². The van der Waals surface area contributed by atoms with E-state index >= 15 is 0 Å². The quantitative estimate of drug-likeness (QED) is 0.286. The van der Waals surface area contributed by atoms with E-state index < -0.39 is 0 Å². The summed E-state index contributed by atoms with van der Waals surface area (Å²) in [4.78, 5) is 0. The lowest BCUT2D eigenvalue weighted by molar-refractivity contribution is 0.590. The zero-order chi connectivity index (χ0) is 24.0. The number of anilines is 2. The van der Waals surface area contributed by atoms with E-state index in [1.54, 1.807) is 0 Å². The highest BCUT2D eigenvalue weighted by Gasteiger charge is 2.15. The average Bonchev–Trinajstić information content (AvgIpc) is 3.48. The van der Waals surface area contributed by atoms with E-state index in [9.17, 15) is 0 Å². The summed E-state index contributed by atoms with van der Waals surface area (Å²) in [7, 11) is 0. The molecule has 1 N–H and O–H groups in total. The van der Waals surface area contributed by atoms with Gasteiger partial charge in [0, 0.05) is 33.3 Å². The Balaban J connectivity index is 1.44. The van der Waals surface area contributed by atoms with Gasteiger partial charge in [-0.05, 0) is 65.6 Å². The van der Waals surface area contributed by atoms with Crippen LogP contribution in [0.1, 0.15) is 26.3 Å². The minimum atomic E-state index is 0.119. The molecule has 0 aliphatic heterocycles. The SMILES string of the molecule is CC(C)(C)c1ccc(Nc2cc(-c3cc4ccccc4o3)cc(-c3cc4ccccc4o3)c2)cc1. The number of benzene rings is 4. The van der Waals surface area contributed by atoms with Gasteiger partial charge in [-0.25, -0.2) is 0 Å². The summed E-state index contributed by atoms with van der Waals surface area (Å²) in [6, 6.07) is 35.4. The number of nitrogens with one attached hydrogen (secondary N) is 1. The van der Waals surface area contributed by atoms with Crippen molar-refractivity contribution in [1.82, 2.24) is 0 Å². The molecule has 0 unspecified atom stereocenters. The van der Waals surface area contributed by atoms with Gasteiger partial charge in [0.25, 0.3) is 0 Å². The van der Waals surface area contributed by atoms with Crippen molar-refractivity contribution in [1.29, 1.82) is 0 Å². The van der Waals surface area contributed by atoms with Crippen LogP contribution in [0, 0.1) is 0 Å². The van der Waals surface area contributed by atoms with E-state index in [1.165, 1.54) is 5.56 Å². The fourth-order valence-corrected chi connectivity index (χ4v) is 4.45. The molecule has 0 saturated heterocycles. The van der Waals surface area contributed by atoms with Gasteiger partial charge < -0.3 is 14.2 Å². The summed E-state index contributed by atoms with van der Waals surface area (Å²) in [5.41, 5.74) is 7.18. The second-order valence-corrected chi connectivity index (χ2v) is 10.0. The highest BCUT2D eigenvalue weighted by Crippen LogP contribution is 2.36. The van der Waals surface area contributed by atoms with Crippen LogP contribution in [0.4, 0.5) is 11.4 Å². The predicted molar refractivity (Wildman–Crippen MR) is 145 cm³/mol. The molecule has 0 radical (unpaired) electrons. The summed E-state index contributed by atoms with van der Waals surface area (Å²) in [5.74, 6) is 1.66. The van der Waals surface area contributed by atoms with Gasteiger partial charge in [0.1, 0.15) is 22.7 Å². The van der Waals surface area contributed by atoms with Crippen LogP contribution in [0.2, 0.25) is 0 Å². The monoisotopic (exact) mass is 457 g/mol. The fourth-order valence-electron chi connectivity index (χ4n) is 4.45. The van der Waals surface area contributed by atoms with Gasteiger partial charge in [0.15, 0.2) is 0 Å². The Kier molecular flexibility index (Phi) is 5.00. The van der Waals surface area contributed by atoms with Crippen molar-refractivity contribution < 1.29 is 8.83 Å². The molecule has 2 aromatic heterocycles. The Bertz CT molecular complexity index is 1490. The normalized spacial score (nSPS) is 11.9. The third kappa shape index (κ3) is 4.22. The van der Waals surface area contributed by atoms with Crippen molar-refractivity contribution >= 4 is 33.3 Å². The van der Waals surface area contributed by atoms with Crippen LogP contribution in [0.15, 0.2) is 112 Å². The molecule has 0 atom stereocenters. The van der Waals surface area contributed by atoms with E-state index in [2.05, 4.69) is 92.8 Å². The van der Waals surface area contributed by atoms with Gasteiger partial charge in [0.05, 0.1) is 0 Å². The minimum Gasteiger partial charge on any atom is -0.456 e. The maximum Gasteiger partial charge on any atom is 0.135 e. The number of hydrogen-bond donors (Lipinski definition) is 1. The first kappa shape index (κ1) is 21.3. The highest BCUT2D eigenvalue weighted by molar-refractivity contribution is 5.87. The number of fused-ring (bicyclic) bond motifs is 2. The topological polar surface area (TPSA) is 38.3 Å². The van der Waals surface area contributed by atoms with Gasteiger partial charge in [-0.15, -0.1) is 0 Å². The Hall–Kier alpha value is -4.24. The third-order valence-electron chi connectivity index (χ3n) is 6.39. The zero-order valence-electron chi connectivity index (χ0n) is 20.1. The van der Waals surface area contributed by atoms with Gasteiger partial charge in [0.2, 0.25) is 0 Å². The first-order valence-corrected chi connectivity index (χ1v) is 11.9. The highest BCUT2D eigenvalue weighted by atomic mass is 16.3. The largest absolute Gasteiger partial charge is 0.456 e. The summed E-state index contributed by atoms with van der Waals surface area (Å²) < 4.78 is 12.4. The molecule has 6 rings (SSSR count). The molecule has 0 saturated carbocycles. The molecule has 2 heterocycles. The fraction of sp³-hybridized carbons (Fsp3) is 0.125. The summed E-state index contributed by atoms with van der Waals surface area (Å²) in [6.07, 6.45) is 0. The Morgan fingerprint density at radius 3 is 1.54 bits per heavy atom. The molecule has 0 fully saturated rings. The molecule has 0 bridgehead atoms. The molecule has 0 spiro atoms. The van der Waals surface area contributed by atoms with Gasteiger partial charge in [-0.2, -0.15) is 0 Å². The molecule has 0 aliphatic rings. The van der Waals surface area contributed by atoms with Crippen molar-refractivity contribution in [3.63, 3.8) is 0 Å². The first-order valence-electron chi connectivity index (χ1n) is 11.9. The molecule has 4 aromatic carbocycles. The van der Waals surface area contributed by atoms with Crippen LogP contribution in [0.5, 0.6) is 0 Å². The van der Waals surface area contributed by atoms with Crippen LogP contribution >= 0.6 is 0 Å². The molecule has 172 valence electrons. The molecule has 0 amide bonds. The lowest BCUT2D eigenvalue weighted by Gasteiger charge is -2.19. The summed E-state index contributed by atoms with van der Waals surface area (Å²) >= 11 is 0. The molecule has 35 heavy (non-hydrogen) atoms. The molecule has 6 aromatic rings. The number of furan rings is 2. The summed E-state index contributed by atoms with van der Waals surface area (Å²) in [5, 5.41) is 5.76. The van der Waals surface area contributed by atoms with E-state index in [4.69, 9.17) is 8.83 Å². The zero-order valence-corrected chi connectivity index (χ0v) is 20.1. The number of para-hydroxylation sites is 2. The van der Waals surface area contributed by atoms with E-state index in [0.29, 0.717) is 0 Å². The van der Waals surface area contributed by atoms with E-state index in [1.807, 2.05) is 36.4 Å². The van der Waals surface area contributed by atoms with Gasteiger partial charge in [-0.3, -0.25) is 0 Å². The van der Waals surface area contributed by atoms with Crippen molar-refractivity contribution in [2.75, 3.05) is 5.32 Å². The van der Waals surface area contributed by atoms with Crippen LogP contribution < -0.4 is 5.32 Å². The van der Waals surface area contributed by atoms with Gasteiger partial charge >= 0.3 is 0 Å². The Labute approximate surface area is 205 Å². The van der Waals surface area contributed by atoms with Crippen molar-refractivity contribution in [2.24, 2.45) is 0 Å². The van der Waals surface area contributed by atoms with Crippen LogP contribution in [0.3, 0.4) is 0 Å². The van der Waals surface area contributed by atoms with Crippen LogP contribution in [-0.2, 0) is 5.41 Å². The average molecular weight is 458 g/mol. The molecule has 0 aliphatic carbocycles. The van der Waals surface area contributed by atoms with Crippen molar-refractivity contribution in [2.45, 2.75) is 26.2 Å². The smallest absolute Gasteiger partial charge is 0.135 e. The third-order valence-corrected chi connectivity index (χ3v) is 6.39. The molecule has 3 nitrogen and oxygen atoms in total. The molecular weight excluding hydrogens is 430 g/mol. The summed E-state index contributed by atoms with van der Waals surface area (Å²) in [6.45, 7) is 6.68. The predicted octanol–water partition coefficient (Wildman–Crippen LogP) is 9.55. The Morgan fingerprint density at radius 1 is 0.543 bits per heavy atom. The lowest BCUT2D eigenvalue weighted by atomic mass is 9.87. The standard InChI is InChI=1S/C32H27NO2/c1-32(2,3)25-12-14-26(15-13-25)33-27-17-23(30-19-21-8-4-6-10-28(21)34-30)16-24(18-27)31-20-22-9-5-7-11-29(22)35-31/h4-20,33H,1-3H3. The molecular formula is C32H27NO2. The number of rotatable bonds is 4. The van der Waals surface area contributed by atoms with Crippen molar-refractivity contribution in [3.05, 3.63) is 109 Å². The second kappa shape index (κ2) is 8.21. The first-order chi connectivity index (χ1) is 16.9. The lowest BCUT2D eigenvalue weighted by Crippen LogP contribution is -2.10. The van der Waals surface area contributed by atoms with E-state index in [-0.39, 0.29) is 5.41 Å². The maximum atomic E-state index is 6.20. The van der Waals surface area contributed by atoms with Crippen LogP contribution in [-0.4, -0.2) is 0 Å². The van der Waals surface area contributed by atoms with E-state index in [0.717, 1.165) is 56.0 Å². The van der Waals surface area contributed by atoms with Crippen LogP contribution in [0.25, 0.3) is 44.6 Å². The maximum absolute atomic E-state index is 6.20. The minimum absolute atomic E-state index is 0.119.